The van der Waals surface area contributed by atoms with E-state index in [1.54, 1.807) is 0 Å². The Kier molecular flexibility index (Phi) is 4.73. The fourth-order valence-electron chi connectivity index (χ4n) is 1.73. The second kappa shape index (κ2) is 5.58. The number of ketones is 1. The number of halogens is 3. The zero-order chi connectivity index (χ0) is 14.8. The van der Waals surface area contributed by atoms with Gasteiger partial charge in [-0.1, -0.05) is 20.8 Å². The molecule has 1 unspecified atom stereocenters. The Bertz CT molecular complexity index is 449. The normalized spacial score (nSPS) is 14.5. The molecule has 1 aromatic rings. The second-order valence-corrected chi connectivity index (χ2v) is 6.71. The number of carbonyl (C=O) groups excluding carboxylic acids is 1. The monoisotopic (exact) mass is 294 g/mol. The van der Waals surface area contributed by atoms with Gasteiger partial charge in [-0.25, -0.2) is 4.98 Å². The van der Waals surface area contributed by atoms with Gasteiger partial charge in [0.15, 0.2) is 10.8 Å². The molecule has 0 saturated heterocycles. The zero-order valence-electron chi connectivity index (χ0n) is 11.0. The van der Waals surface area contributed by atoms with Gasteiger partial charge in [0.25, 0.3) is 0 Å². The molecule has 0 amide bonds. The summed E-state index contributed by atoms with van der Waals surface area (Å²) in [5.74, 6) is -0.384. The summed E-state index contributed by atoms with van der Waals surface area (Å²) < 4.78 is 37.1. The van der Waals surface area contributed by atoms with Gasteiger partial charge >= 0.3 is 6.18 Å². The van der Waals surface area contributed by atoms with E-state index in [1.165, 1.54) is 0 Å². The highest BCUT2D eigenvalue weighted by atomic mass is 32.1. The van der Waals surface area contributed by atoms with Crippen LogP contribution < -0.4 is 5.73 Å². The Morgan fingerprint density at radius 1 is 1.42 bits per heavy atom. The van der Waals surface area contributed by atoms with Crippen molar-refractivity contribution in [1.29, 1.82) is 0 Å². The van der Waals surface area contributed by atoms with Gasteiger partial charge in [-0.3, -0.25) is 4.79 Å². The second-order valence-electron chi connectivity index (χ2n) is 5.68. The molecule has 0 fully saturated rings. The van der Waals surface area contributed by atoms with E-state index < -0.39 is 11.2 Å². The summed E-state index contributed by atoms with van der Waals surface area (Å²) >= 11 is 0.367. The molecule has 1 rings (SSSR count). The van der Waals surface area contributed by atoms with Crippen LogP contribution in [0.1, 0.15) is 48.3 Å². The molecule has 1 heterocycles. The van der Waals surface area contributed by atoms with Crippen molar-refractivity contribution in [3.8, 4) is 0 Å². The van der Waals surface area contributed by atoms with Gasteiger partial charge in [-0.05, 0) is 11.8 Å². The van der Waals surface area contributed by atoms with E-state index in [9.17, 15) is 18.0 Å². The van der Waals surface area contributed by atoms with Crippen molar-refractivity contribution in [3.63, 3.8) is 0 Å². The molecule has 2 N–H and O–H groups in total. The number of Topliss-reactive ketones (excluding diaryl/α,β-unsaturated/α-hetero) is 1. The smallest absolute Gasteiger partial charge is 0.327 e. The molecule has 19 heavy (non-hydrogen) atoms. The quantitative estimate of drug-likeness (QED) is 0.865. The van der Waals surface area contributed by atoms with E-state index in [2.05, 4.69) is 4.98 Å². The highest BCUT2D eigenvalue weighted by molar-refractivity contribution is 7.13. The number of thiazole rings is 1. The van der Waals surface area contributed by atoms with Crippen molar-refractivity contribution < 1.29 is 18.0 Å². The van der Waals surface area contributed by atoms with Gasteiger partial charge in [0, 0.05) is 18.7 Å². The molecule has 0 aliphatic carbocycles. The minimum Gasteiger partial charge on any atom is -0.327 e. The SMILES string of the molecule is CC(C)(C)CC(N)CC(=O)c1cnc(C(F)(F)F)s1. The Hall–Kier alpha value is -0.950. The first-order valence-corrected chi connectivity index (χ1v) is 6.62. The van der Waals surface area contributed by atoms with Crippen molar-refractivity contribution in [1.82, 2.24) is 4.98 Å². The first kappa shape index (κ1) is 16.1. The lowest BCUT2D eigenvalue weighted by molar-refractivity contribution is -0.137. The maximum Gasteiger partial charge on any atom is 0.443 e. The third kappa shape index (κ3) is 5.28. The molecule has 0 saturated carbocycles. The average molecular weight is 294 g/mol. The minimum absolute atomic E-state index is 0.0108. The van der Waals surface area contributed by atoms with Gasteiger partial charge in [-0.15, -0.1) is 11.3 Å². The first-order chi connectivity index (χ1) is 8.49. The van der Waals surface area contributed by atoms with Crippen molar-refractivity contribution in [2.45, 2.75) is 45.8 Å². The fraction of sp³-hybridized carbons (Fsp3) is 0.667. The number of hydrogen-bond donors (Lipinski definition) is 1. The van der Waals surface area contributed by atoms with Crippen LogP contribution in [-0.4, -0.2) is 16.8 Å². The summed E-state index contributed by atoms with van der Waals surface area (Å²) in [6.07, 6.45) is -2.86. The maximum atomic E-state index is 12.4. The largest absolute Gasteiger partial charge is 0.443 e. The van der Waals surface area contributed by atoms with Crippen LogP contribution in [0.25, 0.3) is 0 Å². The number of alkyl halides is 3. The lowest BCUT2D eigenvalue weighted by Gasteiger charge is -2.22. The molecular weight excluding hydrogens is 277 g/mol. The molecule has 0 aliphatic rings. The predicted molar refractivity (Wildman–Crippen MR) is 68.1 cm³/mol. The van der Waals surface area contributed by atoms with Crippen molar-refractivity contribution in [2.24, 2.45) is 11.1 Å². The van der Waals surface area contributed by atoms with Gasteiger partial charge in [0.05, 0.1) is 4.88 Å². The first-order valence-electron chi connectivity index (χ1n) is 5.81. The number of nitrogens with zero attached hydrogens (tertiary/aromatic N) is 1. The topological polar surface area (TPSA) is 56.0 Å². The van der Waals surface area contributed by atoms with Gasteiger partial charge < -0.3 is 5.73 Å². The molecule has 1 aromatic heterocycles. The summed E-state index contributed by atoms with van der Waals surface area (Å²) in [5.41, 5.74) is 5.81. The number of aromatic nitrogens is 1. The summed E-state index contributed by atoms with van der Waals surface area (Å²) in [6, 6.07) is -0.357. The molecule has 1 atom stereocenters. The molecule has 7 heteroatoms. The molecule has 0 bridgehead atoms. The van der Waals surface area contributed by atoms with E-state index in [-0.39, 0.29) is 28.5 Å². The number of rotatable bonds is 4. The molecule has 3 nitrogen and oxygen atoms in total. The number of nitrogens with two attached hydrogens (primary N) is 1. The molecule has 0 aromatic carbocycles. The number of hydrogen-bond acceptors (Lipinski definition) is 4. The third-order valence-corrected chi connectivity index (χ3v) is 3.43. The van der Waals surface area contributed by atoms with Crippen LogP contribution in [-0.2, 0) is 6.18 Å². The van der Waals surface area contributed by atoms with Crippen LogP contribution in [0.2, 0.25) is 0 Å². The highest BCUT2D eigenvalue weighted by Gasteiger charge is 2.35. The van der Waals surface area contributed by atoms with E-state index in [0.717, 1.165) is 6.20 Å². The molecule has 0 spiro atoms. The van der Waals surface area contributed by atoms with Gasteiger partial charge in [-0.2, -0.15) is 13.2 Å². The van der Waals surface area contributed by atoms with Crippen LogP contribution in [0.3, 0.4) is 0 Å². The van der Waals surface area contributed by atoms with Crippen LogP contribution in [0.15, 0.2) is 6.20 Å². The third-order valence-electron chi connectivity index (χ3n) is 2.35. The van der Waals surface area contributed by atoms with Crippen LogP contribution in [0.5, 0.6) is 0 Å². The summed E-state index contributed by atoms with van der Waals surface area (Å²) in [5, 5.41) is -1.000. The Labute approximate surface area is 114 Å². The molecule has 0 radical (unpaired) electrons. The fourth-order valence-corrected chi connectivity index (χ4v) is 2.46. The van der Waals surface area contributed by atoms with E-state index in [0.29, 0.717) is 17.8 Å². The summed E-state index contributed by atoms with van der Waals surface area (Å²) in [7, 11) is 0. The van der Waals surface area contributed by atoms with Crippen molar-refractivity contribution >= 4 is 17.1 Å². The Morgan fingerprint density at radius 2 is 2.00 bits per heavy atom. The maximum absolute atomic E-state index is 12.4. The summed E-state index contributed by atoms with van der Waals surface area (Å²) in [4.78, 5) is 15.0. The van der Waals surface area contributed by atoms with E-state index >= 15 is 0 Å². The standard InChI is InChI=1S/C12H17F3N2OS/c1-11(2,3)5-7(16)4-8(18)9-6-17-10(19-9)12(13,14)15/h6-7H,4-5,16H2,1-3H3. The van der Waals surface area contributed by atoms with Crippen molar-refractivity contribution in [3.05, 3.63) is 16.1 Å². The van der Waals surface area contributed by atoms with Crippen LogP contribution in [0.4, 0.5) is 13.2 Å². The van der Waals surface area contributed by atoms with Crippen molar-refractivity contribution in [2.75, 3.05) is 0 Å². The lowest BCUT2D eigenvalue weighted by Crippen LogP contribution is -2.28. The van der Waals surface area contributed by atoms with Crippen LogP contribution >= 0.6 is 11.3 Å². The average Bonchev–Trinajstić information content (AvgIpc) is 2.61. The molecule has 108 valence electrons. The Morgan fingerprint density at radius 3 is 2.42 bits per heavy atom. The zero-order valence-corrected chi connectivity index (χ0v) is 11.9. The molecular formula is C12H17F3N2OS. The van der Waals surface area contributed by atoms with Gasteiger partial charge in [0.2, 0.25) is 0 Å². The van der Waals surface area contributed by atoms with E-state index in [4.69, 9.17) is 5.73 Å². The predicted octanol–water partition coefficient (Wildman–Crippen LogP) is 3.50. The van der Waals surface area contributed by atoms with E-state index in [1.807, 2.05) is 20.8 Å². The highest BCUT2D eigenvalue weighted by Crippen LogP contribution is 2.33. The van der Waals surface area contributed by atoms with Gasteiger partial charge in [0.1, 0.15) is 0 Å². The Balaban J connectivity index is 2.66. The number of carbonyl (C=O) groups is 1. The van der Waals surface area contributed by atoms with Crippen LogP contribution in [0, 0.1) is 5.41 Å². The minimum atomic E-state index is -4.50. The summed E-state index contributed by atoms with van der Waals surface area (Å²) in [6.45, 7) is 5.98. The molecule has 0 aliphatic heterocycles. The lowest BCUT2D eigenvalue weighted by atomic mass is 9.87.